The molecule has 0 bridgehead atoms. The van der Waals surface area contributed by atoms with E-state index < -0.39 is 0 Å². The summed E-state index contributed by atoms with van der Waals surface area (Å²) < 4.78 is 5.92. The summed E-state index contributed by atoms with van der Waals surface area (Å²) in [6, 6.07) is 15.8. The van der Waals surface area contributed by atoms with Crippen molar-refractivity contribution in [2.24, 2.45) is 0 Å². The van der Waals surface area contributed by atoms with Gasteiger partial charge in [0.2, 0.25) is 0 Å². The average Bonchev–Trinajstić information content (AvgIpc) is 2.98. The highest BCUT2D eigenvalue weighted by atomic mass is 16.5. The molecule has 0 amide bonds. The number of anilines is 2. The topological polar surface area (TPSA) is 49.9 Å². The van der Waals surface area contributed by atoms with Gasteiger partial charge in [0, 0.05) is 11.8 Å². The van der Waals surface area contributed by atoms with Crippen LogP contribution < -0.4 is 10.1 Å². The third-order valence-corrected chi connectivity index (χ3v) is 3.17. The predicted octanol–water partition coefficient (Wildman–Crippen LogP) is 3.93. The molecule has 92 valence electrons. The molecule has 0 spiro atoms. The van der Waals surface area contributed by atoms with Gasteiger partial charge < -0.3 is 10.1 Å². The van der Waals surface area contributed by atoms with E-state index in [2.05, 4.69) is 15.5 Å². The molecule has 0 saturated heterocycles. The minimum Gasteiger partial charge on any atom is -0.453 e. The van der Waals surface area contributed by atoms with Crippen LogP contribution in [-0.4, -0.2) is 10.2 Å². The van der Waals surface area contributed by atoms with Crippen molar-refractivity contribution in [1.82, 2.24) is 10.2 Å². The lowest BCUT2D eigenvalue weighted by Crippen LogP contribution is -2.04. The van der Waals surface area contributed by atoms with E-state index in [-0.39, 0.29) is 0 Å². The first-order chi connectivity index (χ1) is 9.42. The van der Waals surface area contributed by atoms with Crippen molar-refractivity contribution in [1.29, 1.82) is 0 Å². The zero-order chi connectivity index (χ0) is 12.7. The summed E-state index contributed by atoms with van der Waals surface area (Å²) in [5.41, 5.74) is 3.84. The molecule has 4 nitrogen and oxygen atoms in total. The van der Waals surface area contributed by atoms with E-state index in [1.54, 1.807) is 0 Å². The highest BCUT2D eigenvalue weighted by Crippen LogP contribution is 2.45. The molecular formula is C15H11N3O. The summed E-state index contributed by atoms with van der Waals surface area (Å²) in [5, 5.41) is 10.5. The molecule has 1 aliphatic rings. The van der Waals surface area contributed by atoms with E-state index in [4.69, 9.17) is 4.74 Å². The van der Waals surface area contributed by atoms with Crippen LogP contribution in [0, 0.1) is 0 Å². The van der Waals surface area contributed by atoms with Crippen molar-refractivity contribution in [2.75, 3.05) is 5.32 Å². The maximum absolute atomic E-state index is 5.92. The number of fused-ring (bicyclic) bond motifs is 2. The number of nitrogens with one attached hydrogen (secondary N) is 2. The van der Waals surface area contributed by atoms with Gasteiger partial charge in [-0.05, 0) is 24.3 Å². The quantitative estimate of drug-likeness (QED) is 0.537. The monoisotopic (exact) mass is 249 g/mol. The minimum atomic E-state index is 0.819. The van der Waals surface area contributed by atoms with Gasteiger partial charge in [-0.2, -0.15) is 5.10 Å². The van der Waals surface area contributed by atoms with Crippen molar-refractivity contribution in [3.63, 3.8) is 0 Å². The summed E-state index contributed by atoms with van der Waals surface area (Å²) in [6.07, 6.45) is 1.81. The second-order valence-electron chi connectivity index (χ2n) is 4.36. The molecule has 2 aromatic carbocycles. The largest absolute Gasteiger partial charge is 0.453 e. The molecule has 1 aromatic heterocycles. The van der Waals surface area contributed by atoms with Crippen LogP contribution in [0.3, 0.4) is 0 Å². The molecule has 4 rings (SSSR count). The Balaban J connectivity index is 1.88. The second-order valence-corrected chi connectivity index (χ2v) is 4.36. The second kappa shape index (κ2) is 3.88. The Hall–Kier alpha value is -2.75. The van der Waals surface area contributed by atoms with Gasteiger partial charge in [0.05, 0.1) is 17.1 Å². The van der Waals surface area contributed by atoms with E-state index in [9.17, 15) is 0 Å². The first kappa shape index (κ1) is 10.2. The number of aromatic amines is 1. The molecule has 1 aliphatic heterocycles. The molecule has 2 N–H and O–H groups in total. The number of nitrogens with zero attached hydrogens (tertiary/aromatic N) is 1. The van der Waals surface area contributed by atoms with Crippen LogP contribution in [-0.2, 0) is 0 Å². The van der Waals surface area contributed by atoms with E-state index in [1.165, 1.54) is 0 Å². The average molecular weight is 249 g/mol. The minimum absolute atomic E-state index is 0.819. The summed E-state index contributed by atoms with van der Waals surface area (Å²) in [5.74, 6) is 1.66. The van der Waals surface area contributed by atoms with Gasteiger partial charge in [-0.1, -0.05) is 24.3 Å². The molecule has 0 radical (unpaired) electrons. The predicted molar refractivity (Wildman–Crippen MR) is 73.8 cm³/mol. The molecule has 0 atom stereocenters. The maximum atomic E-state index is 5.92. The van der Waals surface area contributed by atoms with Crippen LogP contribution in [0.1, 0.15) is 0 Å². The van der Waals surface area contributed by atoms with Gasteiger partial charge in [0.25, 0.3) is 0 Å². The highest BCUT2D eigenvalue weighted by molar-refractivity contribution is 5.87. The Morgan fingerprint density at radius 2 is 1.79 bits per heavy atom. The first-order valence-electron chi connectivity index (χ1n) is 6.09. The number of H-pyrrole nitrogens is 1. The number of rotatable bonds is 1. The van der Waals surface area contributed by atoms with Crippen LogP contribution in [0.2, 0.25) is 0 Å². The Labute approximate surface area is 110 Å². The maximum Gasteiger partial charge on any atom is 0.151 e. The third kappa shape index (κ3) is 1.57. The molecule has 19 heavy (non-hydrogen) atoms. The summed E-state index contributed by atoms with van der Waals surface area (Å²) in [7, 11) is 0. The zero-order valence-electron chi connectivity index (χ0n) is 10.1. The van der Waals surface area contributed by atoms with Gasteiger partial charge in [-0.15, -0.1) is 0 Å². The fourth-order valence-electron chi connectivity index (χ4n) is 2.28. The van der Waals surface area contributed by atoms with E-state index in [1.807, 2.05) is 54.7 Å². The smallest absolute Gasteiger partial charge is 0.151 e. The number of para-hydroxylation sites is 3. The zero-order valence-corrected chi connectivity index (χ0v) is 10.1. The fourth-order valence-corrected chi connectivity index (χ4v) is 2.28. The molecule has 3 aromatic rings. The van der Waals surface area contributed by atoms with Crippen molar-refractivity contribution in [3.05, 3.63) is 54.7 Å². The Kier molecular flexibility index (Phi) is 2.08. The molecule has 0 aliphatic carbocycles. The summed E-state index contributed by atoms with van der Waals surface area (Å²) in [4.78, 5) is 0. The van der Waals surface area contributed by atoms with Crippen molar-refractivity contribution in [2.45, 2.75) is 0 Å². The number of hydrogen-bond donors (Lipinski definition) is 2. The lowest BCUT2D eigenvalue weighted by Gasteiger charge is -2.23. The fraction of sp³-hybridized carbons (Fsp3) is 0. The van der Waals surface area contributed by atoms with Crippen molar-refractivity contribution in [3.8, 4) is 22.8 Å². The normalized spacial score (nSPS) is 12.0. The van der Waals surface area contributed by atoms with E-state index >= 15 is 0 Å². The SMILES string of the molecule is c1ccc2c(c1)Nc1c(cccc1-c1cc[nH]n1)O2. The van der Waals surface area contributed by atoms with Crippen LogP contribution >= 0.6 is 0 Å². The lowest BCUT2D eigenvalue weighted by atomic mass is 10.1. The number of aromatic nitrogens is 2. The third-order valence-electron chi connectivity index (χ3n) is 3.17. The van der Waals surface area contributed by atoms with E-state index in [0.717, 1.165) is 34.1 Å². The molecule has 0 fully saturated rings. The molecule has 0 saturated carbocycles. The molecule has 2 heterocycles. The van der Waals surface area contributed by atoms with Crippen LogP contribution in [0.25, 0.3) is 11.3 Å². The number of hydrogen-bond acceptors (Lipinski definition) is 3. The Morgan fingerprint density at radius 3 is 2.68 bits per heavy atom. The number of benzene rings is 2. The standard InChI is InChI=1S/C15H11N3O/c1-2-6-13-12(5-1)17-15-10(11-8-9-16-18-11)4-3-7-14(15)19-13/h1-9,17H,(H,16,18). The number of ether oxygens (including phenoxy) is 1. The van der Waals surface area contributed by atoms with Crippen LogP contribution in [0.15, 0.2) is 54.7 Å². The van der Waals surface area contributed by atoms with Gasteiger partial charge in [0.15, 0.2) is 11.5 Å². The Bertz CT molecular complexity index is 735. The van der Waals surface area contributed by atoms with Crippen molar-refractivity contribution < 1.29 is 4.74 Å². The lowest BCUT2D eigenvalue weighted by molar-refractivity contribution is 0.481. The van der Waals surface area contributed by atoms with Gasteiger partial charge in [-0.25, -0.2) is 0 Å². The molecule has 4 heteroatoms. The van der Waals surface area contributed by atoms with Crippen LogP contribution in [0.4, 0.5) is 11.4 Å². The van der Waals surface area contributed by atoms with Crippen molar-refractivity contribution >= 4 is 11.4 Å². The highest BCUT2D eigenvalue weighted by Gasteiger charge is 2.19. The summed E-state index contributed by atoms with van der Waals surface area (Å²) in [6.45, 7) is 0. The van der Waals surface area contributed by atoms with E-state index in [0.29, 0.717) is 0 Å². The van der Waals surface area contributed by atoms with Gasteiger partial charge >= 0.3 is 0 Å². The Morgan fingerprint density at radius 1 is 0.895 bits per heavy atom. The van der Waals surface area contributed by atoms with Gasteiger partial charge in [0.1, 0.15) is 0 Å². The van der Waals surface area contributed by atoms with Crippen LogP contribution in [0.5, 0.6) is 11.5 Å². The molecule has 0 unspecified atom stereocenters. The summed E-state index contributed by atoms with van der Waals surface area (Å²) >= 11 is 0. The first-order valence-corrected chi connectivity index (χ1v) is 6.09. The van der Waals surface area contributed by atoms with Gasteiger partial charge in [-0.3, -0.25) is 5.10 Å². The molecular weight excluding hydrogens is 238 g/mol.